The number of aromatic amines is 1. The van der Waals surface area contributed by atoms with E-state index in [0.29, 0.717) is 42.7 Å². The first kappa shape index (κ1) is 24.1. The quantitative estimate of drug-likeness (QED) is 0.398. The summed E-state index contributed by atoms with van der Waals surface area (Å²) in [5.74, 6) is -0.0284. The molecule has 1 fully saturated rings. The Balaban J connectivity index is 1.18. The van der Waals surface area contributed by atoms with Crippen molar-refractivity contribution in [2.24, 2.45) is 5.92 Å². The van der Waals surface area contributed by atoms with Crippen molar-refractivity contribution in [1.29, 1.82) is 0 Å². The topological polar surface area (TPSA) is 82.2 Å². The number of thioether (sulfide) groups is 1. The molecule has 5 rings (SSSR count). The number of alkyl halides is 3. The molecular weight excluding hydrogens is 491 g/mol. The summed E-state index contributed by atoms with van der Waals surface area (Å²) in [5, 5.41) is 10.5. The molecule has 11 heteroatoms. The van der Waals surface area contributed by atoms with Crippen LogP contribution in [0.25, 0.3) is 17.1 Å². The van der Waals surface area contributed by atoms with Crippen molar-refractivity contribution in [3.05, 3.63) is 71.4 Å². The summed E-state index contributed by atoms with van der Waals surface area (Å²) in [6.07, 6.45) is 6.41. The Morgan fingerprint density at radius 2 is 1.92 bits per heavy atom. The molecule has 2 aromatic carbocycles. The number of H-pyrrole nitrogens is 1. The first-order valence-corrected chi connectivity index (χ1v) is 12.2. The van der Waals surface area contributed by atoms with Gasteiger partial charge in [-0.2, -0.15) is 13.2 Å². The molecule has 186 valence electrons. The monoisotopic (exact) mass is 513 g/mol. The third-order valence-corrected chi connectivity index (χ3v) is 7.10. The van der Waals surface area contributed by atoms with Crippen LogP contribution < -0.4 is 0 Å². The fourth-order valence-electron chi connectivity index (χ4n) is 4.50. The van der Waals surface area contributed by atoms with Crippen molar-refractivity contribution in [2.75, 3.05) is 19.6 Å². The summed E-state index contributed by atoms with van der Waals surface area (Å²) in [6.45, 7) is 1.68. The summed E-state index contributed by atoms with van der Waals surface area (Å²) < 4.78 is 37.4. The Hall–Kier alpha value is -3.60. The molecule has 1 unspecified atom stereocenters. The van der Waals surface area contributed by atoms with Gasteiger partial charge in [0.2, 0.25) is 5.91 Å². The number of rotatable bonds is 4. The fourth-order valence-corrected chi connectivity index (χ4v) is 5.04. The highest BCUT2D eigenvalue weighted by Crippen LogP contribution is 2.37. The lowest BCUT2D eigenvalue weighted by Crippen LogP contribution is -2.31. The van der Waals surface area contributed by atoms with Gasteiger partial charge in [-0.3, -0.25) is 14.7 Å². The van der Waals surface area contributed by atoms with E-state index in [9.17, 15) is 22.8 Å². The predicted molar refractivity (Wildman–Crippen MR) is 130 cm³/mol. The molecule has 2 amide bonds. The zero-order chi connectivity index (χ0) is 25.3. The van der Waals surface area contributed by atoms with Gasteiger partial charge in [0.15, 0.2) is 0 Å². The molecule has 3 aromatic rings. The second-order valence-corrected chi connectivity index (χ2v) is 9.85. The van der Waals surface area contributed by atoms with E-state index in [1.807, 2.05) is 6.20 Å². The summed E-state index contributed by atoms with van der Waals surface area (Å²) in [6, 6.07) is 11.2. The van der Waals surface area contributed by atoms with Gasteiger partial charge in [0.25, 0.3) is 5.91 Å². The van der Waals surface area contributed by atoms with E-state index in [1.54, 1.807) is 46.2 Å². The minimum Gasteiger partial charge on any atom is -0.339 e. The van der Waals surface area contributed by atoms with Gasteiger partial charge in [0, 0.05) is 48.3 Å². The summed E-state index contributed by atoms with van der Waals surface area (Å²) in [4.78, 5) is 29.4. The number of amides is 2. The Morgan fingerprint density at radius 3 is 2.69 bits per heavy atom. The van der Waals surface area contributed by atoms with Gasteiger partial charge in [-0.25, -0.2) is 0 Å². The third-order valence-electron chi connectivity index (χ3n) is 6.36. The van der Waals surface area contributed by atoms with E-state index in [1.165, 1.54) is 18.2 Å². The number of likely N-dealkylation sites (tertiary alicyclic amines) is 1. The maximum Gasteiger partial charge on any atom is 0.446 e. The highest BCUT2D eigenvalue weighted by atomic mass is 32.2. The van der Waals surface area contributed by atoms with E-state index >= 15 is 0 Å². The molecule has 36 heavy (non-hydrogen) atoms. The highest BCUT2D eigenvalue weighted by molar-refractivity contribution is 8.00. The molecule has 1 saturated heterocycles. The fraction of sp³-hybridized carbons (Fsp3) is 0.280. The maximum absolute atomic E-state index is 13.0. The summed E-state index contributed by atoms with van der Waals surface area (Å²) in [7, 11) is 0. The Bertz CT molecular complexity index is 1350. The van der Waals surface area contributed by atoms with E-state index in [-0.39, 0.29) is 34.4 Å². The van der Waals surface area contributed by atoms with Crippen LogP contribution in [0.5, 0.6) is 0 Å². The van der Waals surface area contributed by atoms with Gasteiger partial charge in [0.1, 0.15) is 5.52 Å². The largest absolute Gasteiger partial charge is 0.446 e. The SMILES string of the molecule is O=C(c1ccc2[nH]nnc2c1)N1C=C2CCN(C(=O)/C=C/c3ccc(SC(F)(F)F)cc3)CCC2C1. The summed E-state index contributed by atoms with van der Waals surface area (Å²) in [5.41, 5.74) is -0.556. The summed E-state index contributed by atoms with van der Waals surface area (Å²) >= 11 is -0.168. The number of hydrogen-bond acceptors (Lipinski definition) is 5. The zero-order valence-electron chi connectivity index (χ0n) is 19.0. The zero-order valence-corrected chi connectivity index (χ0v) is 19.9. The van der Waals surface area contributed by atoms with Crippen LogP contribution in [-0.2, 0) is 4.79 Å². The smallest absolute Gasteiger partial charge is 0.339 e. The Morgan fingerprint density at radius 1 is 1.11 bits per heavy atom. The van der Waals surface area contributed by atoms with Gasteiger partial charge in [-0.1, -0.05) is 17.3 Å². The number of benzene rings is 2. The van der Waals surface area contributed by atoms with Gasteiger partial charge < -0.3 is 9.80 Å². The number of nitrogens with zero attached hydrogens (tertiary/aromatic N) is 4. The average molecular weight is 514 g/mol. The number of halogens is 3. The molecule has 0 spiro atoms. The van der Waals surface area contributed by atoms with Crippen LogP contribution >= 0.6 is 11.8 Å². The van der Waals surface area contributed by atoms with E-state index in [2.05, 4.69) is 15.4 Å². The number of fused-ring (bicyclic) bond motifs is 2. The van der Waals surface area contributed by atoms with E-state index in [0.717, 1.165) is 17.5 Å². The number of carbonyl (C=O) groups is 2. The molecular formula is C25H22F3N5O2S. The van der Waals surface area contributed by atoms with Crippen molar-refractivity contribution in [1.82, 2.24) is 25.2 Å². The van der Waals surface area contributed by atoms with Crippen LogP contribution in [0.2, 0.25) is 0 Å². The highest BCUT2D eigenvalue weighted by Gasteiger charge is 2.32. The number of aromatic nitrogens is 3. The molecule has 0 aliphatic carbocycles. The second kappa shape index (κ2) is 9.81. The van der Waals surface area contributed by atoms with Crippen LogP contribution in [0.4, 0.5) is 13.2 Å². The first-order chi connectivity index (χ1) is 17.2. The second-order valence-electron chi connectivity index (χ2n) is 8.72. The van der Waals surface area contributed by atoms with Crippen molar-refractivity contribution < 1.29 is 22.8 Å². The first-order valence-electron chi connectivity index (χ1n) is 11.4. The van der Waals surface area contributed by atoms with Gasteiger partial charge in [-0.05, 0) is 72.1 Å². The Kier molecular flexibility index (Phi) is 6.57. The number of hydrogen-bond donors (Lipinski definition) is 1. The van der Waals surface area contributed by atoms with Crippen LogP contribution in [0, 0.1) is 5.92 Å². The lowest BCUT2D eigenvalue weighted by atomic mass is 9.98. The molecule has 0 saturated carbocycles. The molecule has 2 aliphatic rings. The van der Waals surface area contributed by atoms with Crippen LogP contribution in [0.1, 0.15) is 28.8 Å². The van der Waals surface area contributed by atoms with E-state index in [4.69, 9.17) is 0 Å². The van der Waals surface area contributed by atoms with Crippen molar-refractivity contribution in [3.8, 4) is 0 Å². The van der Waals surface area contributed by atoms with Gasteiger partial charge >= 0.3 is 5.51 Å². The molecule has 3 heterocycles. The number of carbonyl (C=O) groups excluding carboxylic acids is 2. The normalized spacial score (nSPS) is 18.4. The molecule has 1 atom stereocenters. The Labute approximate surface area is 209 Å². The average Bonchev–Trinajstić information content (AvgIpc) is 3.44. The molecule has 1 N–H and O–H groups in total. The molecule has 2 aliphatic heterocycles. The van der Waals surface area contributed by atoms with E-state index < -0.39 is 5.51 Å². The van der Waals surface area contributed by atoms with Crippen LogP contribution in [0.15, 0.2) is 65.2 Å². The standard InChI is InChI=1S/C25H22F3N5O2S/c26-25(27,28)36-20-5-1-16(2-6-20)3-8-23(34)32-11-9-18-14-33(15-19(18)10-12-32)24(35)17-4-7-21-22(13-17)30-31-29-21/h1-8,13-14,19H,9-12,15H2,(H,29,30,31)/b8-3+. The predicted octanol–water partition coefficient (Wildman–Crippen LogP) is 4.86. The van der Waals surface area contributed by atoms with Crippen LogP contribution in [0.3, 0.4) is 0 Å². The lowest BCUT2D eigenvalue weighted by Gasteiger charge is -2.20. The molecule has 0 bridgehead atoms. The van der Waals surface area contributed by atoms with Gasteiger partial charge in [-0.15, -0.1) is 5.10 Å². The number of nitrogens with one attached hydrogen (secondary N) is 1. The van der Waals surface area contributed by atoms with Crippen molar-refractivity contribution in [2.45, 2.75) is 23.2 Å². The lowest BCUT2D eigenvalue weighted by molar-refractivity contribution is -0.125. The minimum absolute atomic E-state index is 0.0870. The van der Waals surface area contributed by atoms with Crippen LogP contribution in [-0.4, -0.2) is 62.2 Å². The van der Waals surface area contributed by atoms with Gasteiger partial charge in [0.05, 0.1) is 5.52 Å². The maximum atomic E-state index is 13.0. The van der Waals surface area contributed by atoms with Crippen molar-refractivity contribution >= 4 is 40.7 Å². The molecule has 7 nitrogen and oxygen atoms in total. The third kappa shape index (κ3) is 5.46. The molecule has 1 aromatic heterocycles. The minimum atomic E-state index is -4.33. The van der Waals surface area contributed by atoms with Crippen molar-refractivity contribution in [3.63, 3.8) is 0 Å². The molecule has 0 radical (unpaired) electrons.